The highest BCUT2D eigenvalue weighted by atomic mass is 35.5. The molecule has 1 aliphatic rings. The summed E-state index contributed by atoms with van der Waals surface area (Å²) in [6.07, 6.45) is 2.85. The van der Waals surface area contributed by atoms with Gasteiger partial charge in [0.2, 0.25) is 0 Å². The summed E-state index contributed by atoms with van der Waals surface area (Å²) in [5.74, 6) is -1.61. The van der Waals surface area contributed by atoms with Crippen molar-refractivity contribution in [1.82, 2.24) is 5.32 Å². The van der Waals surface area contributed by atoms with E-state index in [-0.39, 0.29) is 11.3 Å². The molecule has 5 nitrogen and oxygen atoms in total. The molecule has 0 aromatic heterocycles. The average molecular weight is 312 g/mol. The van der Waals surface area contributed by atoms with Crippen LogP contribution in [0.4, 0.5) is 0 Å². The third-order valence-electron chi connectivity index (χ3n) is 4.21. The van der Waals surface area contributed by atoms with Gasteiger partial charge < -0.3 is 15.5 Å². The summed E-state index contributed by atoms with van der Waals surface area (Å²) in [6, 6.07) is 3.76. The van der Waals surface area contributed by atoms with Gasteiger partial charge in [-0.1, -0.05) is 24.4 Å². The van der Waals surface area contributed by atoms with Gasteiger partial charge in [-0.25, -0.2) is 0 Å². The molecule has 0 bridgehead atoms. The molecule has 1 aliphatic carbocycles. The van der Waals surface area contributed by atoms with E-state index in [9.17, 15) is 19.8 Å². The molecule has 1 aromatic carbocycles. The van der Waals surface area contributed by atoms with E-state index in [0.717, 1.165) is 12.8 Å². The lowest BCUT2D eigenvalue weighted by Gasteiger charge is -2.38. The smallest absolute Gasteiger partial charge is 0.311 e. The number of hydrogen-bond donors (Lipinski definition) is 3. The zero-order valence-electron chi connectivity index (χ0n) is 11.7. The number of amides is 1. The number of aliphatic carboxylic acids is 1. The van der Waals surface area contributed by atoms with E-state index in [1.54, 1.807) is 6.92 Å². The number of benzene rings is 1. The maximum absolute atomic E-state index is 12.2. The number of carboxylic acid groups (broad SMARTS) is 1. The number of carbonyl (C=O) groups is 2. The molecule has 6 heteroatoms. The minimum absolute atomic E-state index is 0.0951. The van der Waals surface area contributed by atoms with Gasteiger partial charge >= 0.3 is 5.97 Å². The van der Waals surface area contributed by atoms with Crippen molar-refractivity contribution in [2.24, 2.45) is 5.41 Å². The van der Waals surface area contributed by atoms with Crippen LogP contribution < -0.4 is 5.32 Å². The molecule has 0 radical (unpaired) electrons. The quantitative estimate of drug-likeness (QED) is 0.801. The Labute approximate surface area is 127 Å². The summed E-state index contributed by atoms with van der Waals surface area (Å²) in [6.45, 7) is 1.65. The van der Waals surface area contributed by atoms with Gasteiger partial charge in [0.05, 0.1) is 11.0 Å². The Kier molecular flexibility index (Phi) is 4.42. The average Bonchev–Trinajstić information content (AvgIpc) is 2.41. The van der Waals surface area contributed by atoms with Gasteiger partial charge in [-0.15, -0.1) is 0 Å². The Hall–Kier alpha value is -1.75. The Bertz CT molecular complexity index is 575. The highest BCUT2D eigenvalue weighted by molar-refractivity contribution is 6.30. The van der Waals surface area contributed by atoms with E-state index < -0.39 is 23.3 Å². The van der Waals surface area contributed by atoms with E-state index in [1.165, 1.54) is 18.2 Å². The number of phenols is 1. The SMILES string of the molecule is CC1(C(=O)O)CCCCC1NC(=O)c1ccc(Cl)cc1O. The van der Waals surface area contributed by atoms with Crippen molar-refractivity contribution in [2.75, 3.05) is 0 Å². The minimum Gasteiger partial charge on any atom is -0.507 e. The van der Waals surface area contributed by atoms with Crippen LogP contribution in [0.5, 0.6) is 5.75 Å². The van der Waals surface area contributed by atoms with Gasteiger partial charge in [-0.05, 0) is 38.0 Å². The molecule has 1 saturated carbocycles. The van der Waals surface area contributed by atoms with E-state index in [1.807, 2.05) is 0 Å². The summed E-state index contributed by atoms with van der Waals surface area (Å²) in [4.78, 5) is 23.7. The normalized spacial score (nSPS) is 25.3. The van der Waals surface area contributed by atoms with Crippen LogP contribution in [0, 0.1) is 5.41 Å². The topological polar surface area (TPSA) is 86.6 Å². The lowest BCUT2D eigenvalue weighted by molar-refractivity contribution is -0.151. The van der Waals surface area contributed by atoms with Crippen molar-refractivity contribution in [3.8, 4) is 5.75 Å². The number of rotatable bonds is 3. The molecule has 0 saturated heterocycles. The number of aromatic hydroxyl groups is 1. The van der Waals surface area contributed by atoms with Crippen molar-refractivity contribution in [3.05, 3.63) is 28.8 Å². The van der Waals surface area contributed by atoms with Gasteiger partial charge in [0.25, 0.3) is 5.91 Å². The minimum atomic E-state index is -0.976. The molecule has 1 amide bonds. The first-order valence-corrected chi connectivity index (χ1v) is 7.25. The Morgan fingerprint density at radius 2 is 2.10 bits per heavy atom. The zero-order valence-corrected chi connectivity index (χ0v) is 12.5. The monoisotopic (exact) mass is 311 g/mol. The fourth-order valence-electron chi connectivity index (χ4n) is 2.75. The Morgan fingerprint density at radius 1 is 1.38 bits per heavy atom. The summed E-state index contributed by atoms with van der Waals surface area (Å²) in [7, 11) is 0. The van der Waals surface area contributed by atoms with E-state index in [2.05, 4.69) is 5.32 Å². The second kappa shape index (κ2) is 5.93. The van der Waals surface area contributed by atoms with Crippen LogP contribution in [0.1, 0.15) is 43.0 Å². The highest BCUT2D eigenvalue weighted by Crippen LogP contribution is 2.36. The fourth-order valence-corrected chi connectivity index (χ4v) is 2.92. The fraction of sp³-hybridized carbons (Fsp3) is 0.467. The van der Waals surface area contributed by atoms with E-state index in [4.69, 9.17) is 11.6 Å². The van der Waals surface area contributed by atoms with Crippen molar-refractivity contribution in [3.63, 3.8) is 0 Å². The van der Waals surface area contributed by atoms with Gasteiger partial charge in [-0.2, -0.15) is 0 Å². The molecule has 2 atom stereocenters. The molecule has 2 rings (SSSR count). The molecular formula is C15H18ClNO4. The van der Waals surface area contributed by atoms with Crippen molar-refractivity contribution in [2.45, 2.75) is 38.6 Å². The van der Waals surface area contributed by atoms with Crippen molar-refractivity contribution >= 4 is 23.5 Å². The van der Waals surface area contributed by atoms with Crippen LogP contribution >= 0.6 is 11.6 Å². The van der Waals surface area contributed by atoms with Crippen molar-refractivity contribution < 1.29 is 19.8 Å². The zero-order chi connectivity index (χ0) is 15.6. The second-order valence-corrected chi connectivity index (χ2v) is 6.09. The first kappa shape index (κ1) is 15.6. The van der Waals surface area contributed by atoms with E-state index in [0.29, 0.717) is 17.9 Å². The Morgan fingerprint density at radius 3 is 2.71 bits per heavy atom. The maximum atomic E-state index is 12.2. The number of nitrogens with one attached hydrogen (secondary N) is 1. The van der Waals surface area contributed by atoms with Crippen LogP contribution in [0.15, 0.2) is 18.2 Å². The third kappa shape index (κ3) is 3.13. The number of phenolic OH excluding ortho intramolecular Hbond substituents is 1. The third-order valence-corrected chi connectivity index (χ3v) is 4.44. The standard InChI is InChI=1S/C15H18ClNO4/c1-15(14(20)21)7-3-2-4-12(15)17-13(19)10-6-5-9(16)8-11(10)18/h5-6,8,12,18H,2-4,7H2,1H3,(H,17,19)(H,20,21). The molecule has 0 aliphatic heterocycles. The summed E-state index contributed by atoms with van der Waals surface area (Å²) < 4.78 is 0. The number of carboxylic acids is 1. The molecule has 1 fully saturated rings. The first-order valence-electron chi connectivity index (χ1n) is 6.87. The first-order chi connectivity index (χ1) is 9.84. The van der Waals surface area contributed by atoms with Gasteiger partial charge in [-0.3, -0.25) is 9.59 Å². The largest absolute Gasteiger partial charge is 0.507 e. The molecular weight excluding hydrogens is 294 g/mol. The molecule has 0 heterocycles. The number of carbonyl (C=O) groups excluding carboxylic acids is 1. The highest BCUT2D eigenvalue weighted by Gasteiger charge is 2.44. The predicted octanol–water partition coefficient (Wildman–Crippen LogP) is 2.81. The van der Waals surface area contributed by atoms with Gasteiger partial charge in [0, 0.05) is 11.1 Å². The van der Waals surface area contributed by atoms with Crippen molar-refractivity contribution in [1.29, 1.82) is 0 Å². The second-order valence-electron chi connectivity index (χ2n) is 5.66. The number of hydrogen-bond acceptors (Lipinski definition) is 3. The molecule has 21 heavy (non-hydrogen) atoms. The lowest BCUT2D eigenvalue weighted by Crippen LogP contribution is -2.52. The van der Waals surface area contributed by atoms with Crippen LogP contribution in [0.25, 0.3) is 0 Å². The molecule has 3 N–H and O–H groups in total. The molecule has 1 aromatic rings. The van der Waals surface area contributed by atoms with Gasteiger partial charge in [0.15, 0.2) is 0 Å². The predicted molar refractivity (Wildman–Crippen MR) is 78.6 cm³/mol. The van der Waals surface area contributed by atoms with Crippen LogP contribution in [0.2, 0.25) is 5.02 Å². The molecule has 0 spiro atoms. The Balaban J connectivity index is 2.19. The molecule has 2 unspecified atom stereocenters. The van der Waals surface area contributed by atoms with E-state index >= 15 is 0 Å². The summed E-state index contributed by atoms with van der Waals surface area (Å²) in [5, 5.41) is 22.3. The summed E-state index contributed by atoms with van der Waals surface area (Å²) >= 11 is 5.73. The van der Waals surface area contributed by atoms with Gasteiger partial charge in [0.1, 0.15) is 5.75 Å². The van der Waals surface area contributed by atoms with Crippen LogP contribution in [0.3, 0.4) is 0 Å². The lowest BCUT2D eigenvalue weighted by atomic mass is 9.71. The maximum Gasteiger partial charge on any atom is 0.311 e. The number of halogens is 1. The van der Waals surface area contributed by atoms with Crippen LogP contribution in [-0.4, -0.2) is 28.1 Å². The summed E-state index contributed by atoms with van der Waals surface area (Å²) in [5.41, 5.74) is -0.881. The molecule has 114 valence electrons. The van der Waals surface area contributed by atoms with Crippen LogP contribution in [-0.2, 0) is 4.79 Å².